The van der Waals surface area contributed by atoms with E-state index in [-0.39, 0.29) is 18.4 Å². The predicted molar refractivity (Wildman–Crippen MR) is 90.7 cm³/mol. The van der Waals surface area contributed by atoms with Crippen molar-refractivity contribution in [3.63, 3.8) is 0 Å². The third-order valence-electron chi connectivity index (χ3n) is 3.11. The number of halogens is 2. The lowest BCUT2D eigenvalue weighted by Crippen LogP contribution is -2.17. The van der Waals surface area contributed by atoms with Crippen LogP contribution in [0.3, 0.4) is 0 Å². The van der Waals surface area contributed by atoms with E-state index >= 15 is 0 Å². The molecular formula is C15H15BrClNOS. The SMILES string of the molecule is CC(NCc1csc(Br)c1)c1cc2ccccc2o1.Cl. The molecule has 1 unspecified atom stereocenters. The van der Waals surface area contributed by atoms with Crippen LogP contribution in [0.2, 0.25) is 0 Å². The molecule has 0 bridgehead atoms. The van der Waals surface area contributed by atoms with Gasteiger partial charge in [-0.3, -0.25) is 0 Å². The zero-order valence-corrected chi connectivity index (χ0v) is 14.1. The Hall–Kier alpha value is -0.810. The van der Waals surface area contributed by atoms with Crippen molar-refractivity contribution in [3.8, 4) is 0 Å². The molecule has 20 heavy (non-hydrogen) atoms. The fourth-order valence-corrected chi connectivity index (χ4v) is 3.23. The predicted octanol–water partition coefficient (Wildman–Crippen LogP) is 5.53. The van der Waals surface area contributed by atoms with E-state index in [4.69, 9.17) is 4.42 Å². The summed E-state index contributed by atoms with van der Waals surface area (Å²) in [5, 5.41) is 6.79. The highest BCUT2D eigenvalue weighted by molar-refractivity contribution is 9.11. The Morgan fingerprint density at radius 1 is 1.30 bits per heavy atom. The normalized spacial score (nSPS) is 12.3. The van der Waals surface area contributed by atoms with Crippen LogP contribution in [0.4, 0.5) is 0 Å². The molecule has 0 amide bonds. The van der Waals surface area contributed by atoms with Gasteiger partial charge < -0.3 is 9.73 Å². The first-order valence-corrected chi connectivity index (χ1v) is 7.84. The van der Waals surface area contributed by atoms with Crippen molar-refractivity contribution >= 4 is 50.6 Å². The molecule has 2 heterocycles. The number of rotatable bonds is 4. The van der Waals surface area contributed by atoms with E-state index in [1.54, 1.807) is 11.3 Å². The highest BCUT2D eigenvalue weighted by Gasteiger charge is 2.11. The van der Waals surface area contributed by atoms with Crippen LogP contribution in [0.1, 0.15) is 24.3 Å². The fourth-order valence-electron chi connectivity index (χ4n) is 2.03. The van der Waals surface area contributed by atoms with Crippen molar-refractivity contribution in [2.24, 2.45) is 0 Å². The molecule has 1 N–H and O–H groups in total. The molecular weight excluding hydrogens is 358 g/mol. The minimum Gasteiger partial charge on any atom is -0.459 e. The molecule has 0 aliphatic heterocycles. The fraction of sp³-hybridized carbons (Fsp3) is 0.200. The van der Waals surface area contributed by atoms with Gasteiger partial charge in [0, 0.05) is 11.9 Å². The monoisotopic (exact) mass is 371 g/mol. The maximum atomic E-state index is 5.85. The molecule has 2 aromatic heterocycles. The van der Waals surface area contributed by atoms with Gasteiger partial charge in [-0.15, -0.1) is 23.7 Å². The van der Waals surface area contributed by atoms with Crippen molar-refractivity contribution in [3.05, 3.63) is 56.9 Å². The Kier molecular flexibility index (Phi) is 5.27. The number of fused-ring (bicyclic) bond motifs is 1. The van der Waals surface area contributed by atoms with Crippen LogP contribution >= 0.6 is 39.7 Å². The third kappa shape index (κ3) is 3.44. The summed E-state index contributed by atoms with van der Waals surface area (Å²) in [4.78, 5) is 0. The topological polar surface area (TPSA) is 25.2 Å². The first-order chi connectivity index (χ1) is 9.22. The average molecular weight is 373 g/mol. The van der Waals surface area contributed by atoms with E-state index in [9.17, 15) is 0 Å². The van der Waals surface area contributed by atoms with Crippen LogP contribution < -0.4 is 5.32 Å². The zero-order chi connectivity index (χ0) is 13.2. The molecule has 3 rings (SSSR count). The van der Waals surface area contributed by atoms with Crippen LogP contribution in [0, 0.1) is 0 Å². The van der Waals surface area contributed by atoms with Gasteiger partial charge in [-0.25, -0.2) is 0 Å². The zero-order valence-electron chi connectivity index (χ0n) is 10.9. The molecule has 5 heteroatoms. The van der Waals surface area contributed by atoms with Gasteiger partial charge in [0.2, 0.25) is 0 Å². The Bertz CT molecular complexity index is 661. The van der Waals surface area contributed by atoms with Crippen molar-refractivity contribution in [1.82, 2.24) is 5.32 Å². The van der Waals surface area contributed by atoms with Gasteiger partial charge in [0.1, 0.15) is 11.3 Å². The van der Waals surface area contributed by atoms with Crippen LogP contribution in [0.15, 0.2) is 50.0 Å². The van der Waals surface area contributed by atoms with Gasteiger partial charge in [-0.05, 0) is 52.0 Å². The van der Waals surface area contributed by atoms with Gasteiger partial charge in [-0.1, -0.05) is 18.2 Å². The molecule has 1 atom stereocenters. The summed E-state index contributed by atoms with van der Waals surface area (Å²) in [7, 11) is 0. The van der Waals surface area contributed by atoms with Crippen LogP contribution in [-0.4, -0.2) is 0 Å². The van der Waals surface area contributed by atoms with Crippen molar-refractivity contribution in [1.29, 1.82) is 0 Å². The Morgan fingerprint density at radius 2 is 2.10 bits per heavy atom. The number of hydrogen-bond donors (Lipinski definition) is 1. The van der Waals surface area contributed by atoms with E-state index < -0.39 is 0 Å². The van der Waals surface area contributed by atoms with E-state index in [0.717, 1.165) is 23.3 Å². The highest BCUT2D eigenvalue weighted by atomic mass is 79.9. The molecule has 0 saturated heterocycles. The molecule has 3 aromatic rings. The smallest absolute Gasteiger partial charge is 0.134 e. The quantitative estimate of drug-likeness (QED) is 0.651. The van der Waals surface area contributed by atoms with Crippen LogP contribution in [0.5, 0.6) is 0 Å². The van der Waals surface area contributed by atoms with Gasteiger partial charge in [-0.2, -0.15) is 0 Å². The average Bonchev–Trinajstić information content (AvgIpc) is 3.01. The second-order valence-electron chi connectivity index (χ2n) is 4.55. The summed E-state index contributed by atoms with van der Waals surface area (Å²) in [6.07, 6.45) is 0. The lowest BCUT2D eigenvalue weighted by molar-refractivity contribution is 0.451. The number of furan rings is 1. The minimum absolute atomic E-state index is 0. The van der Waals surface area contributed by atoms with Crippen LogP contribution in [-0.2, 0) is 6.54 Å². The molecule has 0 fully saturated rings. The van der Waals surface area contributed by atoms with Gasteiger partial charge in [0.15, 0.2) is 0 Å². The van der Waals surface area contributed by atoms with Gasteiger partial charge >= 0.3 is 0 Å². The van der Waals surface area contributed by atoms with E-state index in [0.29, 0.717) is 0 Å². The first-order valence-electron chi connectivity index (χ1n) is 6.17. The second kappa shape index (κ2) is 6.76. The number of benzene rings is 1. The van der Waals surface area contributed by atoms with E-state index in [1.165, 1.54) is 9.35 Å². The number of hydrogen-bond acceptors (Lipinski definition) is 3. The third-order valence-corrected chi connectivity index (χ3v) is 4.66. The molecule has 106 valence electrons. The maximum absolute atomic E-state index is 5.85. The summed E-state index contributed by atoms with van der Waals surface area (Å²) in [6.45, 7) is 2.97. The minimum atomic E-state index is 0. The Balaban J connectivity index is 0.00000147. The molecule has 2 nitrogen and oxygen atoms in total. The molecule has 1 aromatic carbocycles. The highest BCUT2D eigenvalue weighted by Crippen LogP contribution is 2.25. The molecule has 0 spiro atoms. The molecule has 0 saturated carbocycles. The standard InChI is InChI=1S/C15H14BrNOS.ClH/c1-10(17-8-11-6-15(16)19-9-11)14-7-12-4-2-3-5-13(12)18-14;/h2-7,9-10,17H,8H2,1H3;1H. The summed E-state index contributed by atoms with van der Waals surface area (Å²) in [5.74, 6) is 0.982. The van der Waals surface area contributed by atoms with Gasteiger partial charge in [0.05, 0.1) is 9.83 Å². The van der Waals surface area contributed by atoms with E-state index in [1.807, 2.05) is 18.2 Å². The van der Waals surface area contributed by atoms with Crippen molar-refractivity contribution < 1.29 is 4.42 Å². The van der Waals surface area contributed by atoms with Crippen LogP contribution in [0.25, 0.3) is 11.0 Å². The number of thiophene rings is 1. The number of para-hydroxylation sites is 1. The van der Waals surface area contributed by atoms with E-state index in [2.05, 4.69) is 51.7 Å². The van der Waals surface area contributed by atoms with Crippen molar-refractivity contribution in [2.45, 2.75) is 19.5 Å². The largest absolute Gasteiger partial charge is 0.459 e. The lowest BCUT2D eigenvalue weighted by Gasteiger charge is -2.09. The van der Waals surface area contributed by atoms with Crippen molar-refractivity contribution in [2.75, 3.05) is 0 Å². The summed E-state index contributed by atoms with van der Waals surface area (Å²) in [6, 6.07) is 12.6. The molecule has 0 aliphatic carbocycles. The molecule has 0 radical (unpaired) electrons. The Labute approximate surface area is 136 Å². The summed E-state index contributed by atoms with van der Waals surface area (Å²) >= 11 is 5.19. The maximum Gasteiger partial charge on any atom is 0.134 e. The Morgan fingerprint density at radius 3 is 2.80 bits per heavy atom. The molecule has 0 aliphatic rings. The second-order valence-corrected chi connectivity index (χ2v) is 6.84. The number of nitrogens with one attached hydrogen (secondary N) is 1. The summed E-state index contributed by atoms with van der Waals surface area (Å²) in [5.41, 5.74) is 2.24. The lowest BCUT2D eigenvalue weighted by atomic mass is 10.2. The van der Waals surface area contributed by atoms with Gasteiger partial charge in [0.25, 0.3) is 0 Å². The first kappa shape index (κ1) is 15.6. The summed E-state index contributed by atoms with van der Waals surface area (Å²) < 4.78 is 7.02.